The molecule has 8 rings (SSSR count). The van der Waals surface area contributed by atoms with Crippen molar-refractivity contribution >= 4 is 30.4 Å². The highest BCUT2D eigenvalue weighted by atomic mass is 19.1. The Labute approximate surface area is 362 Å². The van der Waals surface area contributed by atoms with Gasteiger partial charge in [-0.05, 0) is 120 Å². The quantitative estimate of drug-likeness (QED) is 0.181. The highest BCUT2D eigenvalue weighted by Crippen LogP contribution is 2.39. The van der Waals surface area contributed by atoms with E-state index >= 15 is 0 Å². The highest BCUT2D eigenvalue weighted by Gasteiger charge is 2.52. The number of hydrogen-bond donors (Lipinski definition) is 4. The summed E-state index contributed by atoms with van der Waals surface area (Å²) in [5, 5.41) is 26.1. The van der Waals surface area contributed by atoms with Gasteiger partial charge in [0.1, 0.15) is 17.3 Å². The lowest BCUT2D eigenvalue weighted by molar-refractivity contribution is -0.0261. The number of carbonyl (C=O) groups excluding carboxylic acids is 3. The van der Waals surface area contributed by atoms with Crippen LogP contribution in [0.15, 0.2) is 30.3 Å². The zero-order chi connectivity index (χ0) is 44.5. The molecular formula is C46H58BFN2O12. The summed E-state index contributed by atoms with van der Waals surface area (Å²) in [5.74, 6) is -0.710. The van der Waals surface area contributed by atoms with Gasteiger partial charge < -0.3 is 53.8 Å². The van der Waals surface area contributed by atoms with Crippen LogP contribution in [0.1, 0.15) is 112 Å². The van der Waals surface area contributed by atoms with E-state index < -0.39 is 48.4 Å². The Balaban J connectivity index is 0.000000188. The Morgan fingerprint density at radius 2 is 1.31 bits per heavy atom. The van der Waals surface area contributed by atoms with Gasteiger partial charge in [0.05, 0.1) is 85.2 Å². The number of hydrogen-bond acceptors (Lipinski definition) is 12. The maximum Gasteiger partial charge on any atom is 0.495 e. The van der Waals surface area contributed by atoms with Gasteiger partial charge in [0, 0.05) is 37.2 Å². The molecular weight excluding hydrogens is 802 g/mol. The van der Waals surface area contributed by atoms with Crippen LogP contribution in [0.5, 0.6) is 11.5 Å². The van der Waals surface area contributed by atoms with Crippen LogP contribution in [0.2, 0.25) is 0 Å². The first-order valence-corrected chi connectivity index (χ1v) is 21.5. The molecule has 4 N–H and O–H groups in total. The number of esters is 1. The summed E-state index contributed by atoms with van der Waals surface area (Å²) in [5.41, 5.74) is 6.27. The predicted molar refractivity (Wildman–Crippen MR) is 227 cm³/mol. The van der Waals surface area contributed by atoms with Crippen LogP contribution in [0, 0.1) is 19.7 Å². The Hall–Kier alpha value is -4.58. The van der Waals surface area contributed by atoms with Gasteiger partial charge in [-0.25, -0.2) is 9.18 Å². The average Bonchev–Trinajstić information content (AvgIpc) is 3.97. The second kappa shape index (κ2) is 18.6. The number of ether oxygens (including phenoxy) is 5. The van der Waals surface area contributed by atoms with Crippen molar-refractivity contribution in [3.05, 3.63) is 86.2 Å². The van der Waals surface area contributed by atoms with E-state index in [0.717, 1.165) is 39.7 Å². The number of rotatable bonds is 9. The first-order valence-electron chi connectivity index (χ1n) is 21.5. The van der Waals surface area contributed by atoms with Crippen LogP contribution in [0.25, 0.3) is 0 Å². The maximum absolute atomic E-state index is 14.5. The molecule has 0 radical (unpaired) electrons. The van der Waals surface area contributed by atoms with Crippen molar-refractivity contribution in [3.63, 3.8) is 0 Å². The lowest BCUT2D eigenvalue weighted by atomic mass is 9.73. The number of carbonyl (C=O) groups is 3. The molecule has 5 heterocycles. The van der Waals surface area contributed by atoms with E-state index in [0.29, 0.717) is 80.3 Å². The monoisotopic (exact) mass is 860 g/mol. The van der Waals surface area contributed by atoms with Crippen molar-refractivity contribution in [1.29, 1.82) is 0 Å². The minimum atomic E-state index is -0.762. The molecule has 4 atom stereocenters. The molecule has 3 aromatic rings. The zero-order valence-electron chi connectivity index (χ0n) is 36.6. The topological polar surface area (TPSA) is 180 Å². The zero-order valence-corrected chi connectivity index (χ0v) is 36.6. The number of aliphatic hydroxyl groups excluding tert-OH is 2. The molecule has 3 fully saturated rings. The van der Waals surface area contributed by atoms with Crippen LogP contribution < -0.4 is 25.6 Å². The Bertz CT molecular complexity index is 2180. The van der Waals surface area contributed by atoms with E-state index in [-0.39, 0.29) is 43.2 Å². The molecule has 16 heteroatoms. The molecule has 0 saturated carbocycles. The fourth-order valence-corrected chi connectivity index (χ4v) is 8.43. The van der Waals surface area contributed by atoms with Crippen LogP contribution >= 0.6 is 0 Å². The summed E-state index contributed by atoms with van der Waals surface area (Å²) in [6.07, 6.45) is 1.45. The van der Waals surface area contributed by atoms with Crippen molar-refractivity contribution in [2.24, 2.45) is 0 Å². The van der Waals surface area contributed by atoms with Gasteiger partial charge in [0.15, 0.2) is 0 Å². The van der Waals surface area contributed by atoms with Gasteiger partial charge in [-0.15, -0.1) is 0 Å². The molecule has 5 aliphatic rings. The maximum atomic E-state index is 14.5. The first kappa shape index (κ1) is 45.4. The van der Waals surface area contributed by atoms with Gasteiger partial charge in [-0.2, -0.15) is 0 Å². The molecule has 14 nitrogen and oxygen atoms in total. The molecule has 0 aliphatic carbocycles. The van der Waals surface area contributed by atoms with Crippen molar-refractivity contribution in [2.45, 2.75) is 116 Å². The fraction of sp³-hybridized carbons (Fsp3) is 0.543. The van der Waals surface area contributed by atoms with E-state index in [1.54, 1.807) is 19.1 Å². The normalized spacial score (nSPS) is 23.2. The predicted octanol–water partition coefficient (Wildman–Crippen LogP) is 3.82. The van der Waals surface area contributed by atoms with Crippen LogP contribution in [-0.2, 0) is 42.8 Å². The number of halogens is 1. The number of benzene rings is 3. The Morgan fingerprint density at radius 1 is 0.774 bits per heavy atom. The minimum absolute atomic E-state index is 0.102. The standard InChI is InChI=1S/C25H28FNO6.C21H30BNO6/c1-3-32-25(30)18-5-4-15(11-20(18)26)10-16-12-19(23-17(14(16)2)6-9-33-23)24(29)27-21-7-8-31-13-22(21)28;1-12-13-6-9-27-18(13)14(19(25)23-16-7-8-26-11-17(16)24)10-15(12)22-28-20(2,3)21(4,5)29-22/h4-5,11-12,21-22,28H,3,6-10,13H2,1-2H3,(H,27,29);10,16-17,24H,6-9,11H2,1-5H3,(H,23,25)/t21-,22-;16-,17-/m00/s1. The molecule has 0 unspecified atom stereocenters. The van der Waals surface area contributed by atoms with Gasteiger partial charge in [0.2, 0.25) is 0 Å². The van der Waals surface area contributed by atoms with Crippen molar-refractivity contribution in [1.82, 2.24) is 10.6 Å². The molecule has 2 amide bonds. The van der Waals surface area contributed by atoms with E-state index in [1.165, 1.54) is 12.1 Å². The van der Waals surface area contributed by atoms with Crippen LogP contribution in [0.4, 0.5) is 4.39 Å². The number of amides is 2. The van der Waals surface area contributed by atoms with Crippen molar-refractivity contribution < 1.29 is 62.0 Å². The fourth-order valence-electron chi connectivity index (χ4n) is 8.43. The van der Waals surface area contributed by atoms with Gasteiger partial charge in [0.25, 0.3) is 11.8 Å². The highest BCUT2D eigenvalue weighted by molar-refractivity contribution is 6.62. The molecule has 0 aromatic heterocycles. The second-order valence-electron chi connectivity index (χ2n) is 17.5. The lowest BCUT2D eigenvalue weighted by Gasteiger charge is -2.32. The smallest absolute Gasteiger partial charge is 0.492 e. The first-order chi connectivity index (χ1) is 29.5. The van der Waals surface area contributed by atoms with E-state index in [4.69, 9.17) is 33.0 Å². The summed E-state index contributed by atoms with van der Waals surface area (Å²) in [4.78, 5) is 38.1. The van der Waals surface area contributed by atoms with E-state index in [2.05, 4.69) is 10.6 Å². The van der Waals surface area contributed by atoms with E-state index in [9.17, 15) is 29.0 Å². The molecule has 3 saturated heterocycles. The summed E-state index contributed by atoms with van der Waals surface area (Å²) in [6, 6.07) is 7.31. The van der Waals surface area contributed by atoms with Gasteiger partial charge >= 0.3 is 13.1 Å². The SMILES string of the molecule is CCOC(=O)c1ccc(Cc2cc(C(=O)N[C@H]3CCOC[C@@H]3O)c3c(c2C)CCO3)cc1F.Cc1c(B2OC(C)(C)C(C)(C)O2)cc(C(=O)N[C@H]2CCOC[C@@H]2O)c2c1CCO2. The number of fused-ring (bicyclic) bond motifs is 2. The third-order valence-electron chi connectivity index (χ3n) is 12.9. The average molecular weight is 861 g/mol. The summed E-state index contributed by atoms with van der Waals surface area (Å²) < 4.78 is 54.0. The number of aliphatic hydroxyl groups is 2. The Kier molecular flexibility index (Phi) is 13.7. The molecule has 0 spiro atoms. The summed E-state index contributed by atoms with van der Waals surface area (Å²) in [6.45, 7) is 16.3. The van der Waals surface area contributed by atoms with Gasteiger partial charge in [-0.3, -0.25) is 9.59 Å². The largest absolute Gasteiger partial charge is 0.495 e. The minimum Gasteiger partial charge on any atom is -0.492 e. The number of nitrogens with one attached hydrogen (secondary N) is 2. The lowest BCUT2D eigenvalue weighted by Crippen LogP contribution is -2.49. The van der Waals surface area contributed by atoms with Crippen LogP contribution in [0.3, 0.4) is 0 Å². The summed E-state index contributed by atoms with van der Waals surface area (Å²) in [7, 11) is -0.550. The Morgan fingerprint density at radius 3 is 1.82 bits per heavy atom. The molecule has 3 aromatic carbocycles. The van der Waals surface area contributed by atoms with Crippen LogP contribution in [-0.4, -0.2) is 117 Å². The third kappa shape index (κ3) is 9.36. The van der Waals surface area contributed by atoms with Crippen molar-refractivity contribution in [2.75, 3.05) is 46.2 Å². The van der Waals surface area contributed by atoms with Crippen molar-refractivity contribution in [3.8, 4) is 11.5 Å². The van der Waals surface area contributed by atoms with E-state index in [1.807, 2.05) is 47.6 Å². The molecule has 334 valence electrons. The third-order valence-corrected chi connectivity index (χ3v) is 12.9. The molecule has 0 bridgehead atoms. The second-order valence-corrected chi connectivity index (χ2v) is 17.5. The summed E-state index contributed by atoms with van der Waals surface area (Å²) >= 11 is 0. The van der Waals surface area contributed by atoms with Gasteiger partial charge in [-0.1, -0.05) is 6.07 Å². The molecule has 5 aliphatic heterocycles. The molecule has 62 heavy (non-hydrogen) atoms.